The highest BCUT2D eigenvalue weighted by Gasteiger charge is 2.12. The van der Waals surface area contributed by atoms with Gasteiger partial charge in [-0.2, -0.15) is 0 Å². The lowest BCUT2D eigenvalue weighted by Crippen LogP contribution is -2.09. The first kappa shape index (κ1) is 12.8. The summed E-state index contributed by atoms with van der Waals surface area (Å²) in [6.45, 7) is 12.8. The second-order valence-corrected chi connectivity index (χ2v) is 4.84. The first-order valence-electron chi connectivity index (χ1n) is 5.14. The maximum absolute atomic E-state index is 3.84. The van der Waals surface area contributed by atoms with Gasteiger partial charge < -0.3 is 0 Å². The van der Waals surface area contributed by atoms with Crippen LogP contribution in [-0.2, 0) is 0 Å². The molecule has 0 spiro atoms. The third-order valence-electron chi connectivity index (χ3n) is 2.04. The summed E-state index contributed by atoms with van der Waals surface area (Å²) in [4.78, 5) is 1.34. The summed E-state index contributed by atoms with van der Waals surface area (Å²) >= 11 is 1.97. The zero-order valence-electron chi connectivity index (χ0n) is 9.34. The Morgan fingerprint density at radius 3 is 2.31 bits per heavy atom. The summed E-state index contributed by atoms with van der Waals surface area (Å²) in [7, 11) is 0. The summed E-state index contributed by atoms with van der Waals surface area (Å²) in [6.07, 6.45) is 6.56. The first-order chi connectivity index (χ1) is 6.15. The van der Waals surface area contributed by atoms with Crippen molar-refractivity contribution in [2.45, 2.75) is 45.8 Å². The molecule has 0 saturated heterocycles. The maximum Gasteiger partial charge on any atom is 0.0115 e. The minimum Gasteiger partial charge on any atom is -0.123 e. The van der Waals surface area contributed by atoms with E-state index in [-0.39, 0.29) is 0 Å². The van der Waals surface area contributed by atoms with Crippen LogP contribution in [0.5, 0.6) is 0 Å². The molecule has 0 aliphatic heterocycles. The average Bonchev–Trinajstić information content (AvgIpc) is 2.11. The fourth-order valence-electron chi connectivity index (χ4n) is 1.25. The zero-order chi connectivity index (χ0) is 10.3. The molecule has 0 bridgehead atoms. The van der Waals surface area contributed by atoms with Crippen LogP contribution in [-0.4, -0.2) is 5.25 Å². The van der Waals surface area contributed by atoms with Gasteiger partial charge in [0, 0.05) is 10.2 Å². The Labute approximate surface area is 87.5 Å². The Hall–Kier alpha value is -0.170. The molecule has 0 aromatic carbocycles. The van der Waals surface area contributed by atoms with Gasteiger partial charge in [-0.1, -0.05) is 46.4 Å². The van der Waals surface area contributed by atoms with Gasteiger partial charge >= 0.3 is 0 Å². The molecule has 0 aliphatic carbocycles. The van der Waals surface area contributed by atoms with Crippen molar-refractivity contribution in [3.8, 4) is 0 Å². The molecule has 1 heteroatoms. The molecule has 0 nitrogen and oxygen atoms in total. The summed E-state index contributed by atoms with van der Waals surface area (Å²) in [6, 6.07) is 0. The molecule has 0 radical (unpaired) electrons. The highest BCUT2D eigenvalue weighted by Crippen LogP contribution is 2.30. The molecule has 0 aromatic rings. The highest BCUT2D eigenvalue weighted by atomic mass is 32.2. The van der Waals surface area contributed by atoms with Crippen molar-refractivity contribution in [1.82, 2.24) is 0 Å². The molecule has 0 saturated carbocycles. The molecule has 13 heavy (non-hydrogen) atoms. The zero-order valence-corrected chi connectivity index (χ0v) is 10.2. The van der Waals surface area contributed by atoms with E-state index >= 15 is 0 Å². The molecule has 0 N–H and O–H groups in total. The van der Waals surface area contributed by atoms with Crippen LogP contribution in [0.15, 0.2) is 23.6 Å². The first-order valence-corrected chi connectivity index (χ1v) is 6.02. The predicted octanol–water partition coefficient (Wildman–Crippen LogP) is 4.63. The van der Waals surface area contributed by atoms with Crippen molar-refractivity contribution in [3.63, 3.8) is 0 Å². The predicted molar refractivity (Wildman–Crippen MR) is 65.1 cm³/mol. The minimum absolute atomic E-state index is 0.732. The normalized spacial score (nSPS) is 14.7. The molecule has 0 aliphatic rings. The molecule has 0 rings (SSSR count). The molecule has 76 valence electrons. The third kappa shape index (κ3) is 5.20. The summed E-state index contributed by atoms with van der Waals surface area (Å²) < 4.78 is 0. The minimum atomic E-state index is 0.732. The van der Waals surface area contributed by atoms with Crippen LogP contribution in [0.4, 0.5) is 0 Å². The molecule has 0 aromatic heterocycles. The highest BCUT2D eigenvalue weighted by molar-refractivity contribution is 8.03. The van der Waals surface area contributed by atoms with E-state index in [0.717, 1.165) is 17.6 Å². The van der Waals surface area contributed by atoms with E-state index in [1.54, 1.807) is 0 Å². The second-order valence-electron chi connectivity index (χ2n) is 3.53. The van der Waals surface area contributed by atoms with E-state index in [0.29, 0.717) is 0 Å². The van der Waals surface area contributed by atoms with E-state index < -0.39 is 0 Å². The van der Waals surface area contributed by atoms with Gasteiger partial charge in [0.2, 0.25) is 0 Å². The Kier molecular flexibility index (Phi) is 7.16. The van der Waals surface area contributed by atoms with Gasteiger partial charge in [0.15, 0.2) is 0 Å². The number of allylic oxidation sites excluding steroid dienone is 2. The summed E-state index contributed by atoms with van der Waals surface area (Å²) in [5.74, 6) is 0.746. The molecule has 0 amide bonds. The van der Waals surface area contributed by atoms with Crippen molar-refractivity contribution in [2.75, 3.05) is 0 Å². The molecule has 1 atom stereocenters. The van der Waals surface area contributed by atoms with E-state index in [1.807, 2.05) is 17.8 Å². The van der Waals surface area contributed by atoms with Crippen LogP contribution in [0.3, 0.4) is 0 Å². The Balaban J connectivity index is 4.19. The molecule has 0 fully saturated rings. The van der Waals surface area contributed by atoms with Crippen LogP contribution in [0, 0.1) is 5.92 Å². The van der Waals surface area contributed by atoms with Gasteiger partial charge in [-0.05, 0) is 18.8 Å². The van der Waals surface area contributed by atoms with Crippen LogP contribution in [0.25, 0.3) is 0 Å². The lowest BCUT2D eigenvalue weighted by molar-refractivity contribution is 0.595. The Morgan fingerprint density at radius 1 is 1.38 bits per heavy atom. The standard InChI is InChI=1S/C12H22S/c1-6-9-11(7-2)13-12(8-3)10(4)5/h7,9-10,12H,2,6,8H2,1,3-5H3/b11-9-. The molecule has 0 heterocycles. The van der Waals surface area contributed by atoms with Gasteiger partial charge in [-0.3, -0.25) is 0 Å². The van der Waals surface area contributed by atoms with Crippen molar-refractivity contribution in [1.29, 1.82) is 0 Å². The van der Waals surface area contributed by atoms with Crippen molar-refractivity contribution in [2.24, 2.45) is 5.92 Å². The number of rotatable bonds is 6. The van der Waals surface area contributed by atoms with Crippen LogP contribution >= 0.6 is 11.8 Å². The monoisotopic (exact) mass is 198 g/mol. The van der Waals surface area contributed by atoms with Gasteiger partial charge in [0.1, 0.15) is 0 Å². The van der Waals surface area contributed by atoms with E-state index in [1.165, 1.54) is 11.3 Å². The fourth-order valence-corrected chi connectivity index (χ4v) is 2.39. The van der Waals surface area contributed by atoms with Gasteiger partial charge in [0.25, 0.3) is 0 Å². The SMILES string of the molecule is C=C/C(=C/CC)SC(CC)C(C)C. The number of hydrogen-bond acceptors (Lipinski definition) is 1. The van der Waals surface area contributed by atoms with Crippen molar-refractivity contribution >= 4 is 11.8 Å². The topological polar surface area (TPSA) is 0 Å². The fraction of sp³-hybridized carbons (Fsp3) is 0.667. The third-order valence-corrected chi connectivity index (χ3v) is 3.83. The van der Waals surface area contributed by atoms with E-state index in [9.17, 15) is 0 Å². The lowest BCUT2D eigenvalue weighted by atomic mass is 10.1. The Bertz CT molecular complexity index is 168. The average molecular weight is 198 g/mol. The molecular weight excluding hydrogens is 176 g/mol. The quantitative estimate of drug-likeness (QED) is 0.561. The summed E-state index contributed by atoms with van der Waals surface area (Å²) in [5, 5.41) is 0.732. The molecular formula is C12H22S. The second kappa shape index (κ2) is 7.25. The van der Waals surface area contributed by atoms with Crippen molar-refractivity contribution in [3.05, 3.63) is 23.6 Å². The maximum atomic E-state index is 3.84. The molecule has 1 unspecified atom stereocenters. The van der Waals surface area contributed by atoms with Crippen molar-refractivity contribution < 1.29 is 0 Å². The van der Waals surface area contributed by atoms with Gasteiger partial charge in [-0.25, -0.2) is 0 Å². The Morgan fingerprint density at radius 2 is 2.00 bits per heavy atom. The van der Waals surface area contributed by atoms with Crippen LogP contribution < -0.4 is 0 Å². The van der Waals surface area contributed by atoms with Gasteiger partial charge in [-0.15, -0.1) is 11.8 Å². The number of thioether (sulfide) groups is 1. The summed E-state index contributed by atoms with van der Waals surface area (Å²) in [5.41, 5.74) is 0. The lowest BCUT2D eigenvalue weighted by Gasteiger charge is -2.18. The van der Waals surface area contributed by atoms with E-state index in [4.69, 9.17) is 0 Å². The van der Waals surface area contributed by atoms with Gasteiger partial charge in [0.05, 0.1) is 0 Å². The van der Waals surface area contributed by atoms with Crippen LogP contribution in [0.1, 0.15) is 40.5 Å². The van der Waals surface area contributed by atoms with Crippen LogP contribution in [0.2, 0.25) is 0 Å². The number of hydrogen-bond donors (Lipinski definition) is 0. The van der Waals surface area contributed by atoms with E-state index in [2.05, 4.69) is 40.3 Å². The smallest absolute Gasteiger partial charge is 0.0115 e. The largest absolute Gasteiger partial charge is 0.123 e.